The lowest BCUT2D eigenvalue weighted by Gasteiger charge is -2.18. The average Bonchev–Trinajstić information content (AvgIpc) is 2.53. The number of aromatic nitrogens is 2. The molecule has 104 valence electrons. The summed E-state index contributed by atoms with van der Waals surface area (Å²) in [7, 11) is 1.55. The Morgan fingerprint density at radius 3 is 2.50 bits per heavy atom. The fraction of sp³-hybridized carbons (Fsp3) is 0.727. The molecule has 0 saturated carbocycles. The number of hydrogen-bond acceptors (Lipinski definition) is 2. The third-order valence-corrected chi connectivity index (χ3v) is 3.81. The minimum atomic E-state index is -4.16. The Balaban J connectivity index is 2.88. The molecule has 1 atom stereocenters. The summed E-state index contributed by atoms with van der Waals surface area (Å²) in [5.74, 6) is 0. The monoisotopic (exact) mass is 327 g/mol. The number of hydrogen-bond donors (Lipinski definition) is 1. The van der Waals surface area contributed by atoms with Gasteiger partial charge in [0, 0.05) is 19.0 Å². The molecule has 1 heterocycles. The van der Waals surface area contributed by atoms with Gasteiger partial charge in [-0.2, -0.15) is 18.3 Å². The van der Waals surface area contributed by atoms with Crippen LogP contribution < -0.4 is 5.32 Å². The zero-order valence-electron chi connectivity index (χ0n) is 10.6. The second-order valence-electron chi connectivity index (χ2n) is 4.17. The number of alkyl halides is 3. The van der Waals surface area contributed by atoms with Crippen LogP contribution in [-0.4, -0.2) is 29.0 Å². The number of nitrogens with zero attached hydrogens (tertiary/aromatic N) is 2. The highest BCUT2D eigenvalue weighted by atomic mass is 79.9. The maximum atomic E-state index is 12.4. The Bertz CT molecular complexity index is 401. The average molecular weight is 328 g/mol. The van der Waals surface area contributed by atoms with Crippen LogP contribution in [0.4, 0.5) is 13.2 Å². The third kappa shape index (κ3) is 3.98. The van der Waals surface area contributed by atoms with Crippen LogP contribution in [-0.2, 0) is 13.0 Å². The highest BCUT2D eigenvalue weighted by Gasteiger charge is 2.32. The van der Waals surface area contributed by atoms with Crippen LogP contribution in [0.25, 0.3) is 0 Å². The SMILES string of the molecule is CCn1nc(C)c(Br)c1CC(CC(F)(F)F)NC. The summed E-state index contributed by atoms with van der Waals surface area (Å²) in [5.41, 5.74) is 1.60. The van der Waals surface area contributed by atoms with E-state index in [1.165, 1.54) is 0 Å². The fourth-order valence-electron chi connectivity index (χ4n) is 1.85. The van der Waals surface area contributed by atoms with Gasteiger partial charge in [0.15, 0.2) is 0 Å². The van der Waals surface area contributed by atoms with Gasteiger partial charge in [0.25, 0.3) is 0 Å². The van der Waals surface area contributed by atoms with Crippen LogP contribution in [0.5, 0.6) is 0 Å². The number of rotatable bonds is 5. The number of aryl methyl sites for hydroxylation is 2. The lowest BCUT2D eigenvalue weighted by molar-refractivity contribution is -0.139. The highest BCUT2D eigenvalue weighted by molar-refractivity contribution is 9.10. The maximum Gasteiger partial charge on any atom is 0.390 e. The first-order chi connectivity index (χ1) is 8.28. The lowest BCUT2D eigenvalue weighted by atomic mass is 10.1. The summed E-state index contributed by atoms with van der Waals surface area (Å²) in [4.78, 5) is 0. The van der Waals surface area contributed by atoms with E-state index in [9.17, 15) is 13.2 Å². The Morgan fingerprint density at radius 1 is 1.44 bits per heavy atom. The van der Waals surface area contributed by atoms with E-state index in [2.05, 4.69) is 26.3 Å². The van der Waals surface area contributed by atoms with Crippen molar-refractivity contribution in [3.8, 4) is 0 Å². The van der Waals surface area contributed by atoms with E-state index < -0.39 is 18.6 Å². The van der Waals surface area contributed by atoms with E-state index in [0.717, 1.165) is 15.9 Å². The van der Waals surface area contributed by atoms with Crippen molar-refractivity contribution in [1.29, 1.82) is 0 Å². The van der Waals surface area contributed by atoms with Crippen molar-refractivity contribution in [2.24, 2.45) is 0 Å². The zero-order chi connectivity index (χ0) is 13.9. The molecule has 0 bridgehead atoms. The van der Waals surface area contributed by atoms with Gasteiger partial charge in [-0.3, -0.25) is 4.68 Å². The van der Waals surface area contributed by atoms with E-state index in [1.54, 1.807) is 11.7 Å². The Hall–Kier alpha value is -0.560. The van der Waals surface area contributed by atoms with Crippen molar-refractivity contribution in [2.45, 2.75) is 45.5 Å². The standard InChI is InChI=1S/C11H17BrF3N3/c1-4-18-9(10(12)7(2)17-18)5-8(16-3)6-11(13,14)15/h8,16H,4-6H2,1-3H3. The molecule has 1 aromatic rings. The molecule has 0 aliphatic heterocycles. The normalized spacial score (nSPS) is 13.9. The van der Waals surface area contributed by atoms with Crippen LogP contribution in [0.1, 0.15) is 24.7 Å². The maximum absolute atomic E-state index is 12.4. The van der Waals surface area contributed by atoms with Crippen LogP contribution in [0, 0.1) is 6.92 Å². The van der Waals surface area contributed by atoms with E-state index in [4.69, 9.17) is 0 Å². The van der Waals surface area contributed by atoms with Crippen molar-refractivity contribution < 1.29 is 13.2 Å². The molecular weight excluding hydrogens is 311 g/mol. The lowest BCUT2D eigenvalue weighted by Crippen LogP contribution is -2.33. The van der Waals surface area contributed by atoms with Gasteiger partial charge in [-0.1, -0.05) is 0 Å². The summed E-state index contributed by atoms with van der Waals surface area (Å²) >= 11 is 3.39. The largest absolute Gasteiger partial charge is 0.390 e. The smallest absolute Gasteiger partial charge is 0.316 e. The van der Waals surface area contributed by atoms with Gasteiger partial charge in [0.1, 0.15) is 0 Å². The van der Waals surface area contributed by atoms with Gasteiger partial charge in [0.2, 0.25) is 0 Å². The summed E-state index contributed by atoms with van der Waals surface area (Å²) in [6.45, 7) is 4.39. The molecule has 0 amide bonds. The van der Waals surface area contributed by atoms with E-state index in [-0.39, 0.29) is 0 Å². The summed E-state index contributed by atoms with van der Waals surface area (Å²) in [6.07, 6.45) is -4.71. The molecule has 7 heteroatoms. The first-order valence-corrected chi connectivity index (χ1v) is 6.53. The van der Waals surface area contributed by atoms with Gasteiger partial charge < -0.3 is 5.32 Å². The Morgan fingerprint density at radius 2 is 2.06 bits per heavy atom. The second-order valence-corrected chi connectivity index (χ2v) is 4.96. The number of nitrogens with one attached hydrogen (secondary N) is 1. The van der Waals surface area contributed by atoms with Crippen molar-refractivity contribution in [3.63, 3.8) is 0 Å². The second kappa shape index (κ2) is 6.06. The molecule has 0 aliphatic rings. The molecule has 0 spiro atoms. The van der Waals surface area contributed by atoms with E-state index >= 15 is 0 Å². The minimum Gasteiger partial charge on any atom is -0.316 e. The molecule has 1 N–H and O–H groups in total. The van der Waals surface area contributed by atoms with Crippen LogP contribution in [0.2, 0.25) is 0 Å². The molecule has 0 saturated heterocycles. The first kappa shape index (κ1) is 15.5. The van der Waals surface area contributed by atoms with Gasteiger partial charge in [-0.15, -0.1) is 0 Å². The van der Waals surface area contributed by atoms with Crippen molar-refractivity contribution in [1.82, 2.24) is 15.1 Å². The molecule has 1 unspecified atom stereocenters. The van der Waals surface area contributed by atoms with Crippen LogP contribution >= 0.6 is 15.9 Å². The van der Waals surface area contributed by atoms with Gasteiger partial charge in [0.05, 0.1) is 22.3 Å². The summed E-state index contributed by atoms with van der Waals surface area (Å²) in [6, 6.07) is -0.636. The molecular formula is C11H17BrF3N3. The van der Waals surface area contributed by atoms with Crippen LogP contribution in [0.3, 0.4) is 0 Å². The van der Waals surface area contributed by atoms with E-state index in [0.29, 0.717) is 13.0 Å². The van der Waals surface area contributed by atoms with Gasteiger partial charge in [-0.25, -0.2) is 0 Å². The van der Waals surface area contributed by atoms with Gasteiger partial charge in [-0.05, 0) is 36.8 Å². The molecule has 18 heavy (non-hydrogen) atoms. The molecule has 0 aliphatic carbocycles. The zero-order valence-corrected chi connectivity index (χ0v) is 12.2. The molecule has 1 rings (SSSR count). The summed E-state index contributed by atoms with van der Waals surface area (Å²) < 4.78 is 39.8. The molecule has 0 radical (unpaired) electrons. The minimum absolute atomic E-state index is 0.297. The van der Waals surface area contributed by atoms with Crippen LogP contribution in [0.15, 0.2) is 4.47 Å². The number of halogens is 4. The van der Waals surface area contributed by atoms with Crippen molar-refractivity contribution in [2.75, 3.05) is 7.05 Å². The highest BCUT2D eigenvalue weighted by Crippen LogP contribution is 2.26. The van der Waals surface area contributed by atoms with Gasteiger partial charge >= 0.3 is 6.18 Å². The number of likely N-dealkylation sites (N-methyl/N-ethyl adjacent to an activating group) is 1. The predicted molar refractivity (Wildman–Crippen MR) is 67.6 cm³/mol. The topological polar surface area (TPSA) is 29.9 Å². The predicted octanol–water partition coefficient (Wildman–Crippen LogP) is 3.06. The Kier molecular flexibility index (Phi) is 5.21. The quantitative estimate of drug-likeness (QED) is 0.900. The summed E-state index contributed by atoms with van der Waals surface area (Å²) in [5, 5.41) is 6.99. The first-order valence-electron chi connectivity index (χ1n) is 5.74. The molecule has 0 aromatic carbocycles. The van der Waals surface area contributed by atoms with Crippen molar-refractivity contribution in [3.05, 3.63) is 15.9 Å². The molecule has 1 aromatic heterocycles. The molecule has 0 fully saturated rings. The van der Waals surface area contributed by atoms with Crippen molar-refractivity contribution >= 4 is 15.9 Å². The third-order valence-electron chi connectivity index (χ3n) is 2.78. The molecule has 3 nitrogen and oxygen atoms in total. The fourth-order valence-corrected chi connectivity index (χ4v) is 2.30. The van der Waals surface area contributed by atoms with E-state index in [1.807, 2.05) is 13.8 Å². The Labute approximate surface area is 113 Å².